The highest BCUT2D eigenvalue weighted by Crippen LogP contribution is 2.32. The number of halogens is 1. The quantitative estimate of drug-likeness (QED) is 0.832. The van der Waals surface area contributed by atoms with Gasteiger partial charge >= 0.3 is 12.1 Å². The number of hydrogen-bond donors (Lipinski definition) is 2. The third-order valence-electron chi connectivity index (χ3n) is 2.82. The minimum atomic E-state index is -1.21. The predicted molar refractivity (Wildman–Crippen MR) is 63.0 cm³/mol. The zero-order valence-electron chi connectivity index (χ0n) is 8.76. The van der Waals surface area contributed by atoms with Crippen LogP contribution >= 0.6 is 15.9 Å². The van der Waals surface area contributed by atoms with E-state index in [0.29, 0.717) is 12.0 Å². The average molecular weight is 300 g/mol. The van der Waals surface area contributed by atoms with Gasteiger partial charge in [-0.05, 0) is 29.7 Å². The lowest BCUT2D eigenvalue weighted by molar-refractivity contribution is -0.143. The van der Waals surface area contributed by atoms with Gasteiger partial charge in [0.05, 0.1) is 0 Å². The fraction of sp³-hybridized carbons (Fsp3) is 0.273. The van der Waals surface area contributed by atoms with Crippen molar-refractivity contribution in [2.24, 2.45) is 0 Å². The summed E-state index contributed by atoms with van der Waals surface area (Å²) in [5.74, 6) is -1.15. The lowest BCUT2D eigenvalue weighted by atomic mass is 9.93. The third-order valence-corrected chi connectivity index (χ3v) is 3.31. The van der Waals surface area contributed by atoms with Crippen LogP contribution < -0.4 is 0 Å². The summed E-state index contributed by atoms with van der Waals surface area (Å²) >= 11 is 3.27. The molecule has 1 aromatic rings. The first-order valence-electron chi connectivity index (χ1n) is 5.01. The molecule has 1 amide bonds. The molecule has 1 aliphatic rings. The largest absolute Gasteiger partial charge is 0.479 e. The van der Waals surface area contributed by atoms with Gasteiger partial charge in [0.1, 0.15) is 0 Å². The zero-order valence-corrected chi connectivity index (χ0v) is 10.3. The molecule has 0 bridgehead atoms. The van der Waals surface area contributed by atoms with Crippen LogP contribution in [0.3, 0.4) is 0 Å². The summed E-state index contributed by atoms with van der Waals surface area (Å²) in [6.07, 6.45) is -0.665. The van der Waals surface area contributed by atoms with Crippen LogP contribution in [-0.2, 0) is 11.2 Å². The average Bonchev–Trinajstić information content (AvgIpc) is 2.26. The topological polar surface area (TPSA) is 77.8 Å². The Kier molecular flexibility index (Phi) is 3.06. The Hall–Kier alpha value is -1.56. The van der Waals surface area contributed by atoms with Gasteiger partial charge in [0, 0.05) is 11.0 Å². The molecule has 1 aromatic carbocycles. The van der Waals surface area contributed by atoms with Gasteiger partial charge in [-0.1, -0.05) is 22.0 Å². The van der Waals surface area contributed by atoms with Crippen LogP contribution in [0.4, 0.5) is 4.79 Å². The summed E-state index contributed by atoms with van der Waals surface area (Å²) in [4.78, 5) is 23.2. The van der Waals surface area contributed by atoms with Gasteiger partial charge in [-0.25, -0.2) is 9.59 Å². The number of aliphatic carboxylic acids is 1. The second-order valence-electron chi connectivity index (χ2n) is 3.81. The maximum atomic E-state index is 11.2. The Morgan fingerprint density at radius 3 is 2.65 bits per heavy atom. The first kappa shape index (κ1) is 11.9. The molecule has 90 valence electrons. The van der Waals surface area contributed by atoms with Crippen LogP contribution in [0.25, 0.3) is 0 Å². The van der Waals surface area contributed by atoms with E-state index in [4.69, 9.17) is 5.11 Å². The first-order valence-corrected chi connectivity index (χ1v) is 5.80. The third kappa shape index (κ3) is 2.12. The van der Waals surface area contributed by atoms with E-state index in [0.717, 1.165) is 14.9 Å². The van der Waals surface area contributed by atoms with E-state index < -0.39 is 18.1 Å². The SMILES string of the molecule is O=C(O)C1c2cc(Br)ccc2CCN1C(=O)O. The van der Waals surface area contributed by atoms with Crippen molar-refractivity contribution in [3.8, 4) is 0 Å². The fourth-order valence-electron chi connectivity index (χ4n) is 2.06. The molecule has 0 radical (unpaired) electrons. The van der Waals surface area contributed by atoms with Crippen molar-refractivity contribution in [1.29, 1.82) is 0 Å². The highest BCUT2D eigenvalue weighted by molar-refractivity contribution is 9.10. The molecule has 2 rings (SSSR count). The molecule has 0 saturated heterocycles. The molecule has 0 saturated carbocycles. The Balaban J connectivity index is 2.51. The number of benzene rings is 1. The van der Waals surface area contributed by atoms with Gasteiger partial charge in [0.25, 0.3) is 0 Å². The maximum absolute atomic E-state index is 11.2. The molecule has 1 aliphatic heterocycles. The number of fused-ring (bicyclic) bond motifs is 1. The zero-order chi connectivity index (χ0) is 12.6. The second-order valence-corrected chi connectivity index (χ2v) is 4.73. The van der Waals surface area contributed by atoms with Crippen molar-refractivity contribution in [1.82, 2.24) is 4.90 Å². The summed E-state index contributed by atoms with van der Waals surface area (Å²) in [7, 11) is 0. The molecule has 0 aliphatic carbocycles. The smallest absolute Gasteiger partial charge is 0.408 e. The molecule has 5 nitrogen and oxygen atoms in total. The highest BCUT2D eigenvalue weighted by atomic mass is 79.9. The summed E-state index contributed by atoms with van der Waals surface area (Å²) in [6.45, 7) is 0.209. The summed E-state index contributed by atoms with van der Waals surface area (Å²) in [5, 5.41) is 18.2. The number of nitrogens with zero attached hydrogens (tertiary/aromatic N) is 1. The van der Waals surface area contributed by atoms with Gasteiger partial charge in [0.15, 0.2) is 6.04 Å². The molecule has 1 heterocycles. The van der Waals surface area contributed by atoms with Crippen molar-refractivity contribution >= 4 is 28.0 Å². The van der Waals surface area contributed by atoms with Crippen LogP contribution in [0.5, 0.6) is 0 Å². The van der Waals surface area contributed by atoms with E-state index in [1.54, 1.807) is 6.07 Å². The lowest BCUT2D eigenvalue weighted by Crippen LogP contribution is -2.42. The monoisotopic (exact) mass is 299 g/mol. The first-order chi connectivity index (χ1) is 8.00. The van der Waals surface area contributed by atoms with Crippen LogP contribution in [0.15, 0.2) is 22.7 Å². The predicted octanol–water partition coefficient (Wildman–Crippen LogP) is 2.11. The van der Waals surface area contributed by atoms with E-state index in [1.165, 1.54) is 0 Å². The van der Waals surface area contributed by atoms with Crippen LogP contribution in [0.2, 0.25) is 0 Å². The number of hydrogen-bond acceptors (Lipinski definition) is 2. The van der Waals surface area contributed by atoms with Gasteiger partial charge in [-0.3, -0.25) is 4.90 Å². The van der Waals surface area contributed by atoms with E-state index in [9.17, 15) is 14.7 Å². The molecular weight excluding hydrogens is 290 g/mol. The standard InChI is InChI=1S/C11H10BrNO4/c12-7-2-1-6-3-4-13(11(16)17)9(10(14)15)8(6)5-7/h1-2,5,9H,3-4H2,(H,14,15)(H,16,17). The number of carboxylic acid groups (broad SMARTS) is 2. The Bertz CT molecular complexity index is 488. The van der Waals surface area contributed by atoms with Crippen LogP contribution in [0, 0.1) is 0 Å². The molecule has 6 heteroatoms. The normalized spacial score (nSPS) is 18.6. The van der Waals surface area contributed by atoms with Crippen molar-refractivity contribution in [3.63, 3.8) is 0 Å². The molecule has 17 heavy (non-hydrogen) atoms. The lowest BCUT2D eigenvalue weighted by Gasteiger charge is -2.32. The van der Waals surface area contributed by atoms with E-state index >= 15 is 0 Å². The number of carboxylic acids is 1. The Labute approximate surface area is 106 Å². The highest BCUT2D eigenvalue weighted by Gasteiger charge is 2.35. The van der Waals surface area contributed by atoms with Gasteiger partial charge in [-0.15, -0.1) is 0 Å². The summed E-state index contributed by atoms with van der Waals surface area (Å²) < 4.78 is 0.745. The van der Waals surface area contributed by atoms with Crippen molar-refractivity contribution in [2.75, 3.05) is 6.54 Å². The van der Waals surface area contributed by atoms with Crippen LogP contribution in [-0.4, -0.2) is 33.7 Å². The minimum Gasteiger partial charge on any atom is -0.479 e. The summed E-state index contributed by atoms with van der Waals surface area (Å²) in [6, 6.07) is 4.21. The van der Waals surface area contributed by atoms with Gasteiger partial charge < -0.3 is 10.2 Å². The molecular formula is C11H10BrNO4. The second kappa shape index (κ2) is 4.37. The maximum Gasteiger partial charge on any atom is 0.408 e. The van der Waals surface area contributed by atoms with Crippen molar-refractivity contribution in [3.05, 3.63) is 33.8 Å². The van der Waals surface area contributed by atoms with E-state index in [-0.39, 0.29) is 6.54 Å². The molecule has 0 fully saturated rings. The fourth-order valence-corrected chi connectivity index (χ4v) is 2.44. The number of carbonyl (C=O) groups is 2. The minimum absolute atomic E-state index is 0.209. The van der Waals surface area contributed by atoms with Gasteiger partial charge in [-0.2, -0.15) is 0 Å². The van der Waals surface area contributed by atoms with Gasteiger partial charge in [0.2, 0.25) is 0 Å². The molecule has 2 N–H and O–H groups in total. The van der Waals surface area contributed by atoms with E-state index in [2.05, 4.69) is 15.9 Å². The van der Waals surface area contributed by atoms with Crippen LogP contribution in [0.1, 0.15) is 17.2 Å². The Morgan fingerprint density at radius 2 is 2.06 bits per heavy atom. The molecule has 0 aromatic heterocycles. The molecule has 0 spiro atoms. The van der Waals surface area contributed by atoms with Crippen molar-refractivity contribution < 1.29 is 19.8 Å². The van der Waals surface area contributed by atoms with Crippen molar-refractivity contribution in [2.45, 2.75) is 12.5 Å². The number of rotatable bonds is 1. The molecule has 1 unspecified atom stereocenters. The van der Waals surface area contributed by atoms with E-state index in [1.807, 2.05) is 12.1 Å². The number of amides is 1. The Morgan fingerprint density at radius 1 is 1.35 bits per heavy atom. The summed E-state index contributed by atoms with van der Waals surface area (Å²) in [5.41, 5.74) is 1.43. The molecule has 1 atom stereocenters.